The number of fused-ring (bicyclic) bond motifs is 6. The molecule has 0 fully saturated rings. The average Bonchev–Trinajstić information content (AvgIpc) is 3.73. The lowest BCUT2D eigenvalue weighted by atomic mass is 9.67. The smallest absolute Gasteiger partial charge is 0.0728 e. The van der Waals surface area contributed by atoms with Crippen LogP contribution in [-0.2, 0) is 5.41 Å². The summed E-state index contributed by atoms with van der Waals surface area (Å²) in [4.78, 5) is 8.39. The topological polar surface area (TPSA) is 16.1 Å². The molecule has 3 heteroatoms. The first-order chi connectivity index (χ1) is 25.3. The molecule has 1 aliphatic carbocycles. The van der Waals surface area contributed by atoms with Gasteiger partial charge in [-0.15, -0.1) is 11.3 Å². The molecule has 0 atom stereocenters. The Morgan fingerprint density at radius 1 is 0.510 bits per heavy atom. The minimum atomic E-state index is -0.504. The van der Waals surface area contributed by atoms with E-state index in [4.69, 9.17) is 0 Å². The van der Waals surface area contributed by atoms with Gasteiger partial charge < -0.3 is 4.90 Å². The number of aromatic nitrogens is 1. The van der Waals surface area contributed by atoms with Crippen molar-refractivity contribution in [1.82, 2.24) is 4.98 Å². The van der Waals surface area contributed by atoms with Crippen LogP contribution in [0.15, 0.2) is 194 Å². The van der Waals surface area contributed by atoms with Gasteiger partial charge in [0.05, 0.1) is 16.8 Å². The lowest BCUT2D eigenvalue weighted by Gasteiger charge is -2.35. The normalized spacial score (nSPS) is 12.9. The molecule has 0 unspecified atom stereocenters. The summed E-state index contributed by atoms with van der Waals surface area (Å²) in [7, 11) is 0. The zero-order chi connectivity index (χ0) is 33.8. The molecule has 2 heterocycles. The number of rotatable bonds is 6. The van der Waals surface area contributed by atoms with Gasteiger partial charge in [-0.1, -0.05) is 140 Å². The fourth-order valence-corrected chi connectivity index (χ4v) is 9.51. The number of anilines is 3. The van der Waals surface area contributed by atoms with Gasteiger partial charge in [0.25, 0.3) is 0 Å². The van der Waals surface area contributed by atoms with Crippen LogP contribution in [0.4, 0.5) is 17.1 Å². The molecule has 0 saturated heterocycles. The van der Waals surface area contributed by atoms with Crippen LogP contribution in [0.2, 0.25) is 0 Å². The number of nitrogens with zero attached hydrogens (tertiary/aromatic N) is 2. The summed E-state index contributed by atoms with van der Waals surface area (Å²) in [5.74, 6) is 0. The Morgan fingerprint density at radius 3 is 1.90 bits per heavy atom. The van der Waals surface area contributed by atoms with Crippen LogP contribution in [-0.4, -0.2) is 4.98 Å². The van der Waals surface area contributed by atoms with E-state index in [1.54, 1.807) is 0 Å². The molecule has 0 radical (unpaired) electrons. The molecule has 7 aromatic carbocycles. The predicted molar refractivity (Wildman–Crippen MR) is 215 cm³/mol. The van der Waals surface area contributed by atoms with E-state index in [2.05, 4.69) is 186 Å². The fourth-order valence-electron chi connectivity index (χ4n) is 8.21. The summed E-state index contributed by atoms with van der Waals surface area (Å²) >= 11 is 1.91. The first-order valence-electron chi connectivity index (χ1n) is 17.4. The third-order valence-corrected chi connectivity index (χ3v) is 11.6. The maximum Gasteiger partial charge on any atom is 0.0728 e. The van der Waals surface area contributed by atoms with E-state index in [1.165, 1.54) is 53.6 Å². The second-order valence-corrected chi connectivity index (χ2v) is 14.2. The van der Waals surface area contributed by atoms with E-state index in [0.717, 1.165) is 28.3 Å². The molecule has 0 saturated carbocycles. The van der Waals surface area contributed by atoms with Crippen LogP contribution in [0.25, 0.3) is 42.6 Å². The first kappa shape index (κ1) is 29.6. The summed E-state index contributed by atoms with van der Waals surface area (Å²) in [6.45, 7) is 0. The highest BCUT2D eigenvalue weighted by Crippen LogP contribution is 2.61. The minimum Gasteiger partial charge on any atom is -0.310 e. The molecule has 51 heavy (non-hydrogen) atoms. The van der Waals surface area contributed by atoms with Crippen LogP contribution in [0.5, 0.6) is 0 Å². The zero-order valence-corrected chi connectivity index (χ0v) is 28.6. The largest absolute Gasteiger partial charge is 0.310 e. The van der Waals surface area contributed by atoms with Crippen molar-refractivity contribution in [2.45, 2.75) is 5.41 Å². The van der Waals surface area contributed by atoms with Crippen LogP contribution in [0.3, 0.4) is 0 Å². The van der Waals surface area contributed by atoms with Crippen molar-refractivity contribution in [3.8, 4) is 21.7 Å². The van der Waals surface area contributed by atoms with Crippen molar-refractivity contribution >= 4 is 49.3 Å². The Morgan fingerprint density at radius 2 is 1.16 bits per heavy atom. The third kappa shape index (κ3) is 4.59. The van der Waals surface area contributed by atoms with Crippen LogP contribution in [0.1, 0.15) is 22.3 Å². The van der Waals surface area contributed by atoms with E-state index in [0.29, 0.717) is 0 Å². The van der Waals surface area contributed by atoms with E-state index >= 15 is 0 Å². The van der Waals surface area contributed by atoms with E-state index < -0.39 is 5.41 Å². The Hall–Kier alpha value is -6.29. The van der Waals surface area contributed by atoms with Crippen molar-refractivity contribution in [3.63, 3.8) is 0 Å². The quantitative estimate of drug-likeness (QED) is 0.175. The molecule has 0 N–H and O–H groups in total. The lowest BCUT2D eigenvalue weighted by Crippen LogP contribution is -2.28. The molecule has 2 nitrogen and oxygen atoms in total. The summed E-state index contributed by atoms with van der Waals surface area (Å²) in [6, 6.07) is 68.4. The third-order valence-electron chi connectivity index (χ3n) is 10.4. The predicted octanol–water partition coefficient (Wildman–Crippen LogP) is 12.9. The fraction of sp³-hybridized carbons (Fsp3) is 0.0208. The van der Waals surface area contributed by atoms with Crippen molar-refractivity contribution in [2.24, 2.45) is 0 Å². The Bertz CT molecular complexity index is 2640. The standard InChI is InChI=1S/C48H32N2S/c1-3-16-35(17-4-1)48(36-18-5-2-6-19-36)42-32-38(29-30-40(42)47-46(48)41-21-9-10-24-45(41)51-47)50(44-23-13-15-33-14-7-8-20-39(33)44)37-27-25-34(26-28-37)43-22-11-12-31-49-43/h1-32H. The molecule has 1 aliphatic rings. The highest BCUT2D eigenvalue weighted by Gasteiger charge is 2.48. The molecule has 0 aliphatic heterocycles. The zero-order valence-electron chi connectivity index (χ0n) is 27.8. The van der Waals surface area contributed by atoms with Crippen molar-refractivity contribution < 1.29 is 0 Å². The summed E-state index contributed by atoms with van der Waals surface area (Å²) < 4.78 is 1.32. The van der Waals surface area contributed by atoms with Gasteiger partial charge in [0.15, 0.2) is 0 Å². The maximum absolute atomic E-state index is 4.62. The van der Waals surface area contributed by atoms with Crippen LogP contribution < -0.4 is 4.90 Å². The van der Waals surface area contributed by atoms with Crippen molar-refractivity contribution in [1.29, 1.82) is 0 Å². The molecule has 0 spiro atoms. The Labute approximate surface area is 301 Å². The molecular formula is C48H32N2S. The molecule has 2 aromatic heterocycles. The number of thiophene rings is 1. The van der Waals surface area contributed by atoms with Crippen molar-refractivity contribution in [3.05, 3.63) is 217 Å². The minimum absolute atomic E-state index is 0.504. The highest BCUT2D eigenvalue weighted by atomic mass is 32.1. The average molecular weight is 669 g/mol. The SMILES string of the molecule is c1ccc(C2(c3ccccc3)c3cc(N(c4ccc(-c5ccccn5)cc4)c4cccc5ccccc45)ccc3-c3sc4ccccc4c32)cc1. The number of benzene rings is 7. The van der Waals surface area contributed by atoms with Crippen LogP contribution >= 0.6 is 11.3 Å². The maximum atomic E-state index is 4.62. The van der Waals surface area contributed by atoms with Gasteiger partial charge in [0, 0.05) is 38.1 Å². The van der Waals surface area contributed by atoms with Gasteiger partial charge >= 0.3 is 0 Å². The Balaban J connectivity index is 1.26. The van der Waals surface area contributed by atoms with Gasteiger partial charge in [0.1, 0.15) is 0 Å². The van der Waals surface area contributed by atoms with Gasteiger partial charge in [-0.2, -0.15) is 0 Å². The number of hydrogen-bond donors (Lipinski definition) is 0. The summed E-state index contributed by atoms with van der Waals surface area (Å²) in [6.07, 6.45) is 1.85. The number of hydrogen-bond acceptors (Lipinski definition) is 3. The molecule has 9 aromatic rings. The Kier molecular flexibility index (Phi) is 6.93. The highest BCUT2D eigenvalue weighted by molar-refractivity contribution is 7.22. The van der Waals surface area contributed by atoms with Gasteiger partial charge in [-0.25, -0.2) is 0 Å². The number of pyridine rings is 1. The summed E-state index contributed by atoms with van der Waals surface area (Å²) in [5, 5.41) is 3.73. The van der Waals surface area contributed by atoms with Gasteiger partial charge in [-0.05, 0) is 87.1 Å². The van der Waals surface area contributed by atoms with E-state index in [1.807, 2.05) is 29.7 Å². The summed E-state index contributed by atoms with van der Waals surface area (Å²) in [5.41, 5.74) is 11.4. The lowest BCUT2D eigenvalue weighted by molar-refractivity contribution is 0.776. The molecular weight excluding hydrogens is 637 g/mol. The van der Waals surface area contributed by atoms with Gasteiger partial charge in [0.2, 0.25) is 0 Å². The van der Waals surface area contributed by atoms with E-state index in [9.17, 15) is 0 Å². The second-order valence-electron chi connectivity index (χ2n) is 13.1. The van der Waals surface area contributed by atoms with Crippen molar-refractivity contribution in [2.75, 3.05) is 4.90 Å². The van der Waals surface area contributed by atoms with Gasteiger partial charge in [-0.3, -0.25) is 4.98 Å². The monoisotopic (exact) mass is 668 g/mol. The first-order valence-corrected chi connectivity index (χ1v) is 18.2. The van der Waals surface area contributed by atoms with Crippen LogP contribution in [0, 0.1) is 0 Å². The van der Waals surface area contributed by atoms with E-state index in [-0.39, 0.29) is 0 Å². The molecule has 0 amide bonds. The molecule has 10 rings (SSSR count). The molecule has 240 valence electrons. The molecule has 0 bridgehead atoms. The second kappa shape index (κ2) is 11.9.